The fraction of sp³-hybridized carbons (Fsp3) is 0.933. The van der Waals surface area contributed by atoms with Crippen LogP contribution in [0.4, 0.5) is 0 Å². The summed E-state index contributed by atoms with van der Waals surface area (Å²) in [5.41, 5.74) is 5.84. The van der Waals surface area contributed by atoms with Crippen molar-refractivity contribution in [1.29, 1.82) is 0 Å². The van der Waals surface area contributed by atoms with Crippen molar-refractivity contribution < 1.29 is 4.79 Å². The summed E-state index contributed by atoms with van der Waals surface area (Å²) in [6.07, 6.45) is 5.91. The number of hydrogen-bond donors (Lipinski definition) is 1. The van der Waals surface area contributed by atoms with E-state index in [1.807, 2.05) is 0 Å². The maximum Gasteiger partial charge on any atom is 0.226 e. The van der Waals surface area contributed by atoms with Gasteiger partial charge in [-0.3, -0.25) is 4.79 Å². The summed E-state index contributed by atoms with van der Waals surface area (Å²) in [5.74, 6) is 2.33. The molecule has 2 fully saturated rings. The number of nitrogens with zero attached hydrogens (tertiary/aromatic N) is 1. The summed E-state index contributed by atoms with van der Waals surface area (Å²) < 4.78 is 0. The summed E-state index contributed by atoms with van der Waals surface area (Å²) >= 11 is 0. The van der Waals surface area contributed by atoms with E-state index in [1.165, 1.54) is 19.3 Å². The van der Waals surface area contributed by atoms with Crippen LogP contribution < -0.4 is 5.73 Å². The third-order valence-corrected chi connectivity index (χ3v) is 4.71. The Morgan fingerprint density at radius 2 is 1.78 bits per heavy atom. The van der Waals surface area contributed by atoms with Crippen molar-refractivity contribution in [2.45, 2.75) is 46.0 Å². The molecule has 2 rings (SSSR count). The molecular weight excluding hydrogens is 224 g/mol. The van der Waals surface area contributed by atoms with Crippen molar-refractivity contribution in [2.24, 2.45) is 29.4 Å². The fourth-order valence-electron chi connectivity index (χ4n) is 3.89. The molecule has 0 aromatic rings. The maximum absolute atomic E-state index is 12.7. The van der Waals surface area contributed by atoms with Crippen LogP contribution in [0.3, 0.4) is 0 Å². The van der Waals surface area contributed by atoms with E-state index in [0.717, 1.165) is 25.9 Å². The number of carbonyl (C=O) groups is 1. The number of piperidine rings is 1. The van der Waals surface area contributed by atoms with Crippen LogP contribution in [0, 0.1) is 23.7 Å². The van der Waals surface area contributed by atoms with E-state index in [4.69, 9.17) is 5.73 Å². The summed E-state index contributed by atoms with van der Waals surface area (Å²) in [6, 6.07) is 0. The maximum atomic E-state index is 12.7. The van der Waals surface area contributed by atoms with E-state index < -0.39 is 0 Å². The van der Waals surface area contributed by atoms with Crippen molar-refractivity contribution in [2.75, 3.05) is 19.6 Å². The molecule has 2 aliphatic rings. The molecule has 4 atom stereocenters. The Morgan fingerprint density at radius 1 is 1.17 bits per heavy atom. The standard InChI is InChI=1S/C15H28N2O/c1-11-7-12(2)10-17(9-11)15(18)14-6-4-3-5-13(14)8-16/h11-14H,3-10,16H2,1-2H3. The van der Waals surface area contributed by atoms with Gasteiger partial charge in [-0.05, 0) is 43.6 Å². The molecule has 3 nitrogen and oxygen atoms in total. The smallest absolute Gasteiger partial charge is 0.226 e. The van der Waals surface area contributed by atoms with Crippen LogP contribution in [0.1, 0.15) is 46.0 Å². The Morgan fingerprint density at radius 3 is 2.39 bits per heavy atom. The number of hydrogen-bond acceptors (Lipinski definition) is 2. The third-order valence-electron chi connectivity index (χ3n) is 4.71. The average Bonchev–Trinajstić information content (AvgIpc) is 2.36. The van der Waals surface area contributed by atoms with Crippen LogP contribution >= 0.6 is 0 Å². The predicted molar refractivity (Wildman–Crippen MR) is 74.0 cm³/mol. The van der Waals surface area contributed by atoms with E-state index in [2.05, 4.69) is 18.7 Å². The molecular formula is C15H28N2O. The van der Waals surface area contributed by atoms with E-state index in [0.29, 0.717) is 30.2 Å². The monoisotopic (exact) mass is 252 g/mol. The first-order valence-corrected chi connectivity index (χ1v) is 7.60. The van der Waals surface area contributed by atoms with Crippen LogP contribution in [-0.4, -0.2) is 30.4 Å². The molecule has 0 bridgehead atoms. The van der Waals surface area contributed by atoms with Gasteiger partial charge in [0.1, 0.15) is 0 Å². The van der Waals surface area contributed by atoms with Gasteiger partial charge in [0, 0.05) is 19.0 Å². The largest absolute Gasteiger partial charge is 0.342 e. The Labute approximate surface area is 111 Å². The second-order valence-electron chi connectivity index (χ2n) is 6.58. The summed E-state index contributed by atoms with van der Waals surface area (Å²) in [6.45, 7) is 7.11. The summed E-state index contributed by atoms with van der Waals surface area (Å²) in [5, 5.41) is 0. The highest BCUT2D eigenvalue weighted by Gasteiger charge is 2.35. The van der Waals surface area contributed by atoms with Crippen LogP contribution in [-0.2, 0) is 4.79 Å². The van der Waals surface area contributed by atoms with Crippen LogP contribution in [0.15, 0.2) is 0 Å². The van der Waals surface area contributed by atoms with Gasteiger partial charge in [-0.1, -0.05) is 26.7 Å². The van der Waals surface area contributed by atoms with Gasteiger partial charge in [0.25, 0.3) is 0 Å². The molecule has 3 heteroatoms. The molecule has 104 valence electrons. The van der Waals surface area contributed by atoms with Gasteiger partial charge in [-0.2, -0.15) is 0 Å². The summed E-state index contributed by atoms with van der Waals surface area (Å²) in [7, 11) is 0. The first-order valence-electron chi connectivity index (χ1n) is 7.60. The minimum Gasteiger partial charge on any atom is -0.342 e. The third kappa shape index (κ3) is 3.05. The molecule has 1 aliphatic carbocycles. The van der Waals surface area contributed by atoms with E-state index >= 15 is 0 Å². The highest BCUT2D eigenvalue weighted by molar-refractivity contribution is 5.79. The van der Waals surface area contributed by atoms with Crippen LogP contribution in [0.2, 0.25) is 0 Å². The topological polar surface area (TPSA) is 46.3 Å². The minimum atomic E-state index is 0.209. The van der Waals surface area contributed by atoms with Crippen molar-refractivity contribution >= 4 is 5.91 Å². The molecule has 2 N–H and O–H groups in total. The van der Waals surface area contributed by atoms with E-state index in [9.17, 15) is 4.79 Å². The average molecular weight is 252 g/mol. The fourth-order valence-corrected chi connectivity index (χ4v) is 3.89. The quantitative estimate of drug-likeness (QED) is 0.819. The Kier molecular flexibility index (Phi) is 4.66. The van der Waals surface area contributed by atoms with Crippen molar-refractivity contribution in [3.63, 3.8) is 0 Å². The highest BCUT2D eigenvalue weighted by atomic mass is 16.2. The van der Waals surface area contributed by atoms with Crippen LogP contribution in [0.25, 0.3) is 0 Å². The highest BCUT2D eigenvalue weighted by Crippen LogP contribution is 2.32. The molecule has 1 heterocycles. The summed E-state index contributed by atoms with van der Waals surface area (Å²) in [4.78, 5) is 14.8. The number of carbonyl (C=O) groups excluding carboxylic acids is 1. The molecule has 1 aliphatic heterocycles. The molecule has 0 aromatic carbocycles. The van der Waals surface area contributed by atoms with Crippen LogP contribution in [0.5, 0.6) is 0 Å². The second-order valence-corrected chi connectivity index (χ2v) is 6.58. The van der Waals surface area contributed by atoms with Crippen molar-refractivity contribution in [3.8, 4) is 0 Å². The normalized spacial score (nSPS) is 37.6. The number of amides is 1. The molecule has 0 aromatic heterocycles. The van der Waals surface area contributed by atoms with Gasteiger partial charge in [0.2, 0.25) is 5.91 Å². The van der Waals surface area contributed by atoms with Gasteiger partial charge in [0.15, 0.2) is 0 Å². The molecule has 0 spiro atoms. The lowest BCUT2D eigenvalue weighted by Gasteiger charge is -2.39. The zero-order valence-electron chi connectivity index (χ0n) is 11.9. The zero-order valence-corrected chi connectivity index (χ0v) is 11.9. The lowest BCUT2D eigenvalue weighted by atomic mass is 9.78. The second kappa shape index (κ2) is 6.05. The Hall–Kier alpha value is -0.570. The molecule has 0 radical (unpaired) electrons. The van der Waals surface area contributed by atoms with Crippen molar-refractivity contribution in [3.05, 3.63) is 0 Å². The lowest BCUT2D eigenvalue weighted by Crippen LogP contribution is -2.48. The van der Waals surface area contributed by atoms with Gasteiger partial charge in [-0.25, -0.2) is 0 Å². The SMILES string of the molecule is CC1CC(C)CN(C(=O)C2CCCCC2CN)C1. The molecule has 4 unspecified atom stereocenters. The molecule has 18 heavy (non-hydrogen) atoms. The first-order chi connectivity index (χ1) is 8.61. The van der Waals surface area contributed by atoms with Gasteiger partial charge < -0.3 is 10.6 Å². The number of likely N-dealkylation sites (tertiary alicyclic amines) is 1. The van der Waals surface area contributed by atoms with Gasteiger partial charge in [0.05, 0.1) is 0 Å². The molecule has 1 saturated heterocycles. The van der Waals surface area contributed by atoms with Gasteiger partial charge >= 0.3 is 0 Å². The lowest BCUT2D eigenvalue weighted by molar-refractivity contribution is -0.141. The molecule has 1 amide bonds. The minimum absolute atomic E-state index is 0.209. The van der Waals surface area contributed by atoms with Crippen molar-refractivity contribution in [1.82, 2.24) is 4.90 Å². The molecule has 1 saturated carbocycles. The number of nitrogens with two attached hydrogens (primary N) is 1. The Balaban J connectivity index is 2.00. The zero-order chi connectivity index (χ0) is 13.1. The van der Waals surface area contributed by atoms with E-state index in [1.54, 1.807) is 0 Å². The first kappa shape index (κ1) is 13.9. The van der Waals surface area contributed by atoms with Gasteiger partial charge in [-0.15, -0.1) is 0 Å². The Bertz CT molecular complexity index is 282. The predicted octanol–water partition coefficient (Wildman–Crippen LogP) is 2.26. The van der Waals surface area contributed by atoms with E-state index in [-0.39, 0.29) is 5.92 Å². The number of rotatable bonds is 2.